The van der Waals surface area contributed by atoms with Gasteiger partial charge in [-0.15, -0.1) is 0 Å². The molecule has 0 unspecified atom stereocenters. The van der Waals surface area contributed by atoms with Gasteiger partial charge in [0.25, 0.3) is 0 Å². The topological polar surface area (TPSA) is 82.1 Å². The van der Waals surface area contributed by atoms with E-state index in [9.17, 15) is 14.4 Å². The number of hydrogen-bond acceptors (Lipinski definition) is 7. The second kappa shape index (κ2) is 10.4. The van der Waals surface area contributed by atoms with Crippen molar-refractivity contribution in [3.05, 3.63) is 124 Å². The van der Waals surface area contributed by atoms with Crippen molar-refractivity contribution in [2.75, 3.05) is 26.2 Å². The molecule has 1 saturated heterocycles. The standard InChI is InChI=1S/C36H28ClNO6/c1-42-27-18-17-25(32(43-2)33(27)44-3)29-30(31(39)21-12-15-22(37)16-13-21)38-26-11-7-4-8-20(26)14-19-28(38)36(29)34(40)23-9-5-6-10-24(23)35(36)41/h4-19,28-30H,1-3H3/t28-,29+,30-/m1/s1. The number of methoxy groups -OCH3 is 3. The molecule has 1 spiro atoms. The van der Waals surface area contributed by atoms with Crippen LogP contribution in [0.25, 0.3) is 6.08 Å². The number of nitrogens with zero attached hydrogens (tertiary/aromatic N) is 1. The zero-order chi connectivity index (χ0) is 30.7. The van der Waals surface area contributed by atoms with Gasteiger partial charge in [-0.2, -0.15) is 0 Å². The molecule has 7 nitrogen and oxygen atoms in total. The summed E-state index contributed by atoms with van der Waals surface area (Å²) < 4.78 is 17.3. The van der Waals surface area contributed by atoms with Gasteiger partial charge >= 0.3 is 0 Å². The molecule has 44 heavy (non-hydrogen) atoms. The second-order valence-electron chi connectivity index (χ2n) is 11.1. The van der Waals surface area contributed by atoms with E-state index in [0.29, 0.717) is 44.5 Å². The highest BCUT2D eigenvalue weighted by atomic mass is 35.5. The maximum Gasteiger partial charge on any atom is 0.203 e. The molecular weight excluding hydrogens is 578 g/mol. The molecule has 0 amide bonds. The number of halogens is 1. The molecule has 220 valence electrons. The molecule has 4 aromatic rings. The summed E-state index contributed by atoms with van der Waals surface area (Å²) in [6, 6.07) is 23.0. The maximum atomic E-state index is 14.9. The molecule has 1 aliphatic carbocycles. The van der Waals surface area contributed by atoms with Gasteiger partial charge < -0.3 is 19.1 Å². The Hall–Kier alpha value is -4.88. The highest BCUT2D eigenvalue weighted by molar-refractivity contribution is 6.32. The Morgan fingerprint density at radius 1 is 0.773 bits per heavy atom. The molecule has 0 radical (unpaired) electrons. The van der Waals surface area contributed by atoms with Crippen LogP contribution in [0, 0.1) is 5.41 Å². The van der Waals surface area contributed by atoms with Crippen molar-refractivity contribution in [1.82, 2.24) is 0 Å². The molecule has 3 atom stereocenters. The largest absolute Gasteiger partial charge is 0.493 e. The molecule has 0 aromatic heterocycles. The summed E-state index contributed by atoms with van der Waals surface area (Å²) in [5, 5.41) is 0.489. The molecule has 0 saturated carbocycles. The van der Waals surface area contributed by atoms with Crippen LogP contribution in [-0.4, -0.2) is 50.8 Å². The third-order valence-corrected chi connectivity index (χ3v) is 9.43. The number of rotatable bonds is 6. The van der Waals surface area contributed by atoms with Gasteiger partial charge in [0.05, 0.1) is 27.4 Å². The van der Waals surface area contributed by atoms with Crippen LogP contribution in [0.5, 0.6) is 17.2 Å². The fraction of sp³-hybridized carbons (Fsp3) is 0.194. The lowest BCUT2D eigenvalue weighted by Gasteiger charge is -2.37. The van der Waals surface area contributed by atoms with Crippen LogP contribution in [0.3, 0.4) is 0 Å². The number of carbonyl (C=O) groups excluding carboxylic acids is 3. The Morgan fingerprint density at radius 3 is 2.05 bits per heavy atom. The van der Waals surface area contributed by atoms with Gasteiger partial charge in [0.1, 0.15) is 11.5 Å². The van der Waals surface area contributed by atoms with Crippen molar-refractivity contribution < 1.29 is 28.6 Å². The number of carbonyl (C=O) groups is 3. The summed E-state index contributed by atoms with van der Waals surface area (Å²) in [4.78, 5) is 46.6. The molecule has 0 N–H and O–H groups in total. The van der Waals surface area contributed by atoms with Crippen molar-refractivity contribution in [3.63, 3.8) is 0 Å². The quantitative estimate of drug-likeness (QED) is 0.179. The van der Waals surface area contributed by atoms with Crippen molar-refractivity contribution >= 4 is 40.7 Å². The third-order valence-electron chi connectivity index (χ3n) is 9.18. The SMILES string of the molecule is COc1ccc([C@H]2[C@H](C(=O)c3ccc(Cl)cc3)N3c4ccccc4C=C[C@@H]3C23C(=O)c2ccccc2C3=O)c(OC)c1OC. The number of Topliss-reactive ketones (excluding diaryl/α,β-unsaturated/α-hetero) is 3. The van der Waals surface area contributed by atoms with Crippen LogP contribution in [0.15, 0.2) is 91.0 Å². The zero-order valence-corrected chi connectivity index (χ0v) is 25.0. The van der Waals surface area contributed by atoms with E-state index in [1.165, 1.54) is 21.3 Å². The first-order valence-corrected chi connectivity index (χ1v) is 14.6. The van der Waals surface area contributed by atoms with Crippen LogP contribution in [0.4, 0.5) is 5.69 Å². The molecule has 1 fully saturated rings. The van der Waals surface area contributed by atoms with Gasteiger partial charge in [-0.05, 0) is 42.0 Å². The van der Waals surface area contributed by atoms with Crippen LogP contribution in [-0.2, 0) is 0 Å². The van der Waals surface area contributed by atoms with Crippen LogP contribution < -0.4 is 19.1 Å². The average Bonchev–Trinajstić information content (AvgIpc) is 3.49. The predicted octanol–water partition coefficient (Wildman–Crippen LogP) is 6.68. The summed E-state index contributed by atoms with van der Waals surface area (Å²) in [7, 11) is 4.51. The van der Waals surface area contributed by atoms with E-state index < -0.39 is 23.4 Å². The lowest BCUT2D eigenvalue weighted by molar-refractivity contribution is 0.0664. The van der Waals surface area contributed by atoms with Crippen LogP contribution in [0.1, 0.15) is 48.1 Å². The minimum absolute atomic E-state index is 0.257. The number of hydrogen-bond donors (Lipinski definition) is 0. The number of para-hydroxylation sites is 1. The third kappa shape index (κ3) is 3.65. The van der Waals surface area contributed by atoms with Crippen molar-refractivity contribution in [2.45, 2.75) is 18.0 Å². The number of anilines is 1. The van der Waals surface area contributed by atoms with E-state index >= 15 is 0 Å². The maximum absolute atomic E-state index is 14.9. The van der Waals surface area contributed by atoms with Crippen LogP contribution in [0.2, 0.25) is 5.02 Å². The van der Waals surface area contributed by atoms with Crippen molar-refractivity contribution in [3.8, 4) is 17.2 Å². The first kappa shape index (κ1) is 27.9. The zero-order valence-electron chi connectivity index (χ0n) is 24.2. The fourth-order valence-corrected chi connectivity index (χ4v) is 7.54. The molecule has 3 aliphatic rings. The van der Waals surface area contributed by atoms with E-state index in [2.05, 4.69) is 0 Å². The summed E-state index contributed by atoms with van der Waals surface area (Å²) >= 11 is 6.21. The van der Waals surface area contributed by atoms with Gasteiger partial charge in [-0.3, -0.25) is 14.4 Å². The monoisotopic (exact) mass is 605 g/mol. The Balaban J connectivity index is 1.59. The summed E-state index contributed by atoms with van der Waals surface area (Å²) in [5.74, 6) is -0.886. The summed E-state index contributed by atoms with van der Waals surface area (Å²) in [5.41, 5.74) is 1.53. The molecular formula is C36H28ClNO6. The van der Waals surface area contributed by atoms with Crippen LogP contribution >= 0.6 is 11.6 Å². The Bertz CT molecular complexity index is 1850. The normalized spacial score (nSPS) is 20.7. The van der Waals surface area contributed by atoms with Crippen molar-refractivity contribution in [2.24, 2.45) is 5.41 Å². The molecule has 2 aliphatic heterocycles. The van der Waals surface area contributed by atoms with E-state index in [4.69, 9.17) is 25.8 Å². The minimum Gasteiger partial charge on any atom is -0.493 e. The van der Waals surface area contributed by atoms with Gasteiger partial charge in [0.2, 0.25) is 5.75 Å². The minimum atomic E-state index is -1.69. The van der Waals surface area contributed by atoms with Gasteiger partial charge in [-0.1, -0.05) is 72.3 Å². The van der Waals surface area contributed by atoms with Crippen molar-refractivity contribution in [1.29, 1.82) is 0 Å². The average molecular weight is 606 g/mol. The first-order valence-electron chi connectivity index (χ1n) is 14.2. The number of ether oxygens (including phenoxy) is 3. The molecule has 2 heterocycles. The number of fused-ring (bicyclic) bond motifs is 5. The molecule has 4 aromatic carbocycles. The fourth-order valence-electron chi connectivity index (χ4n) is 7.41. The van der Waals surface area contributed by atoms with E-state index in [-0.39, 0.29) is 17.3 Å². The summed E-state index contributed by atoms with van der Waals surface area (Å²) in [6.07, 6.45) is 3.82. The number of ketones is 3. The lowest BCUT2D eigenvalue weighted by atomic mass is 9.64. The first-order chi connectivity index (χ1) is 21.4. The smallest absolute Gasteiger partial charge is 0.203 e. The van der Waals surface area contributed by atoms with Gasteiger partial charge in [0, 0.05) is 38.9 Å². The van der Waals surface area contributed by atoms with E-state index in [1.54, 1.807) is 60.7 Å². The van der Waals surface area contributed by atoms with E-state index in [1.807, 2.05) is 41.3 Å². The second-order valence-corrected chi connectivity index (χ2v) is 11.5. The van der Waals surface area contributed by atoms with E-state index in [0.717, 1.165) is 11.3 Å². The lowest BCUT2D eigenvalue weighted by Crippen LogP contribution is -2.48. The molecule has 0 bridgehead atoms. The Morgan fingerprint density at radius 2 is 1.41 bits per heavy atom. The van der Waals surface area contributed by atoms with Gasteiger partial charge in [-0.25, -0.2) is 0 Å². The Kier molecular flexibility index (Phi) is 6.59. The predicted molar refractivity (Wildman–Crippen MR) is 168 cm³/mol. The number of benzene rings is 4. The highest BCUT2D eigenvalue weighted by Gasteiger charge is 2.72. The Labute approximate surface area is 259 Å². The molecule has 7 rings (SSSR count). The van der Waals surface area contributed by atoms with Gasteiger partial charge in [0.15, 0.2) is 28.8 Å². The highest BCUT2D eigenvalue weighted by Crippen LogP contribution is 2.63. The summed E-state index contributed by atoms with van der Waals surface area (Å²) in [6.45, 7) is 0. The molecule has 8 heteroatoms.